The zero-order chi connectivity index (χ0) is 14.5. The first-order valence-electron chi connectivity index (χ1n) is 7.07. The standard InChI is InChI=1S/C16H22BrN3/c1-4-7-18-15(11-16-19-8-9-20(16)3)13-6-5-12(2)10-14(13)17/h5-6,8-10,15,18H,4,7,11H2,1-3H3. The SMILES string of the molecule is CCCNC(Cc1nccn1C)c1ccc(C)cc1Br. The summed E-state index contributed by atoms with van der Waals surface area (Å²) in [5, 5.41) is 3.63. The van der Waals surface area contributed by atoms with Gasteiger partial charge in [0.15, 0.2) is 0 Å². The molecule has 0 aliphatic heterocycles. The fourth-order valence-electron chi connectivity index (χ4n) is 2.30. The molecular formula is C16H22BrN3. The van der Waals surface area contributed by atoms with E-state index < -0.39 is 0 Å². The van der Waals surface area contributed by atoms with Crippen LogP contribution < -0.4 is 5.32 Å². The number of aryl methyl sites for hydroxylation is 2. The molecule has 2 aromatic rings. The lowest BCUT2D eigenvalue weighted by atomic mass is 10.0. The van der Waals surface area contributed by atoms with E-state index >= 15 is 0 Å². The first-order chi connectivity index (χ1) is 9.61. The van der Waals surface area contributed by atoms with Crippen LogP contribution in [0, 0.1) is 6.92 Å². The van der Waals surface area contributed by atoms with Crippen LogP contribution in [0.4, 0.5) is 0 Å². The molecule has 0 aliphatic rings. The van der Waals surface area contributed by atoms with E-state index in [1.165, 1.54) is 15.6 Å². The van der Waals surface area contributed by atoms with Gasteiger partial charge >= 0.3 is 0 Å². The molecule has 1 unspecified atom stereocenters. The van der Waals surface area contributed by atoms with Crippen molar-refractivity contribution in [3.05, 3.63) is 52.0 Å². The minimum Gasteiger partial charge on any atom is -0.338 e. The highest BCUT2D eigenvalue weighted by atomic mass is 79.9. The zero-order valence-electron chi connectivity index (χ0n) is 12.4. The van der Waals surface area contributed by atoms with E-state index in [0.29, 0.717) is 0 Å². The molecular weight excluding hydrogens is 314 g/mol. The summed E-state index contributed by atoms with van der Waals surface area (Å²) >= 11 is 3.70. The summed E-state index contributed by atoms with van der Waals surface area (Å²) in [6.45, 7) is 5.31. The number of hydrogen-bond acceptors (Lipinski definition) is 2. The van der Waals surface area contributed by atoms with Gasteiger partial charge in [0.25, 0.3) is 0 Å². The van der Waals surface area contributed by atoms with Gasteiger partial charge in [-0.05, 0) is 37.1 Å². The summed E-state index contributed by atoms with van der Waals surface area (Å²) in [6, 6.07) is 6.83. The summed E-state index contributed by atoms with van der Waals surface area (Å²) in [5.41, 5.74) is 2.57. The Kier molecular flexibility index (Phi) is 5.38. The summed E-state index contributed by atoms with van der Waals surface area (Å²) in [7, 11) is 2.05. The third kappa shape index (κ3) is 3.70. The minimum atomic E-state index is 0.283. The second kappa shape index (κ2) is 7.04. The van der Waals surface area contributed by atoms with Crippen LogP contribution in [0.15, 0.2) is 35.1 Å². The van der Waals surface area contributed by atoms with E-state index in [4.69, 9.17) is 0 Å². The monoisotopic (exact) mass is 335 g/mol. The van der Waals surface area contributed by atoms with E-state index in [9.17, 15) is 0 Å². The Morgan fingerprint density at radius 3 is 2.80 bits per heavy atom. The van der Waals surface area contributed by atoms with Gasteiger partial charge in [-0.25, -0.2) is 4.98 Å². The van der Waals surface area contributed by atoms with Crippen LogP contribution in [0.1, 0.15) is 36.3 Å². The minimum absolute atomic E-state index is 0.283. The molecule has 0 saturated heterocycles. The normalized spacial score (nSPS) is 12.6. The van der Waals surface area contributed by atoms with Crippen molar-refractivity contribution in [3.8, 4) is 0 Å². The Morgan fingerprint density at radius 1 is 1.40 bits per heavy atom. The van der Waals surface area contributed by atoms with Gasteiger partial charge < -0.3 is 9.88 Å². The van der Waals surface area contributed by atoms with Crippen molar-refractivity contribution >= 4 is 15.9 Å². The Labute approximate surface area is 129 Å². The van der Waals surface area contributed by atoms with E-state index in [0.717, 1.165) is 25.2 Å². The summed E-state index contributed by atoms with van der Waals surface area (Å²) in [5.74, 6) is 1.10. The smallest absolute Gasteiger partial charge is 0.110 e. The largest absolute Gasteiger partial charge is 0.338 e. The third-order valence-electron chi connectivity index (χ3n) is 3.48. The number of halogens is 1. The van der Waals surface area contributed by atoms with Gasteiger partial charge in [0.2, 0.25) is 0 Å². The van der Waals surface area contributed by atoms with Crippen molar-refractivity contribution in [3.63, 3.8) is 0 Å². The molecule has 0 aliphatic carbocycles. The first kappa shape index (κ1) is 15.3. The highest BCUT2D eigenvalue weighted by Crippen LogP contribution is 2.27. The van der Waals surface area contributed by atoms with E-state index in [-0.39, 0.29) is 6.04 Å². The van der Waals surface area contributed by atoms with Crippen LogP contribution in [0.3, 0.4) is 0 Å². The topological polar surface area (TPSA) is 29.9 Å². The van der Waals surface area contributed by atoms with Gasteiger partial charge in [0.05, 0.1) is 0 Å². The Bertz CT molecular complexity index is 563. The van der Waals surface area contributed by atoms with Crippen LogP contribution >= 0.6 is 15.9 Å². The van der Waals surface area contributed by atoms with Crippen LogP contribution in [-0.4, -0.2) is 16.1 Å². The van der Waals surface area contributed by atoms with Gasteiger partial charge in [-0.3, -0.25) is 0 Å². The number of imidazole rings is 1. The fraction of sp³-hybridized carbons (Fsp3) is 0.438. The van der Waals surface area contributed by atoms with Crippen LogP contribution in [0.5, 0.6) is 0 Å². The zero-order valence-corrected chi connectivity index (χ0v) is 13.9. The van der Waals surface area contributed by atoms with Gasteiger partial charge in [-0.15, -0.1) is 0 Å². The molecule has 3 nitrogen and oxygen atoms in total. The van der Waals surface area contributed by atoms with Crippen LogP contribution in [0.25, 0.3) is 0 Å². The van der Waals surface area contributed by atoms with E-state index in [1.54, 1.807) is 0 Å². The summed E-state index contributed by atoms with van der Waals surface area (Å²) < 4.78 is 3.25. The second-order valence-corrected chi connectivity index (χ2v) is 6.04. The molecule has 1 atom stereocenters. The quantitative estimate of drug-likeness (QED) is 0.870. The summed E-state index contributed by atoms with van der Waals surface area (Å²) in [6.07, 6.45) is 5.87. The maximum Gasteiger partial charge on any atom is 0.110 e. The van der Waals surface area contributed by atoms with E-state index in [1.807, 2.05) is 19.4 Å². The van der Waals surface area contributed by atoms with Crippen molar-refractivity contribution in [2.45, 2.75) is 32.7 Å². The molecule has 1 aromatic heterocycles. The van der Waals surface area contributed by atoms with Crippen molar-refractivity contribution in [1.29, 1.82) is 0 Å². The Hall–Kier alpha value is -1.13. The lowest BCUT2D eigenvalue weighted by molar-refractivity contribution is 0.510. The molecule has 4 heteroatoms. The molecule has 0 bridgehead atoms. The number of nitrogens with zero attached hydrogens (tertiary/aromatic N) is 2. The molecule has 0 fully saturated rings. The number of nitrogens with one attached hydrogen (secondary N) is 1. The number of aromatic nitrogens is 2. The molecule has 0 saturated carbocycles. The average molecular weight is 336 g/mol. The highest BCUT2D eigenvalue weighted by Gasteiger charge is 2.16. The Balaban J connectivity index is 2.24. The molecule has 20 heavy (non-hydrogen) atoms. The number of rotatable bonds is 6. The molecule has 108 valence electrons. The molecule has 0 amide bonds. The van der Waals surface area contributed by atoms with Gasteiger partial charge in [-0.1, -0.05) is 35.0 Å². The lowest BCUT2D eigenvalue weighted by Crippen LogP contribution is -2.25. The average Bonchev–Trinajstić information content (AvgIpc) is 2.80. The molecule has 0 radical (unpaired) electrons. The van der Waals surface area contributed by atoms with Crippen molar-refractivity contribution in [2.24, 2.45) is 7.05 Å². The number of benzene rings is 1. The molecule has 2 rings (SSSR count). The molecule has 1 N–H and O–H groups in total. The van der Waals surface area contributed by atoms with Gasteiger partial charge in [-0.2, -0.15) is 0 Å². The van der Waals surface area contributed by atoms with Crippen molar-refractivity contribution in [2.75, 3.05) is 6.54 Å². The predicted octanol–water partition coefficient (Wildman–Crippen LogP) is 3.77. The lowest BCUT2D eigenvalue weighted by Gasteiger charge is -2.20. The van der Waals surface area contributed by atoms with Crippen molar-refractivity contribution in [1.82, 2.24) is 14.9 Å². The fourth-order valence-corrected chi connectivity index (χ4v) is 3.07. The van der Waals surface area contributed by atoms with Gasteiger partial charge in [0.1, 0.15) is 5.82 Å². The predicted molar refractivity (Wildman–Crippen MR) is 86.8 cm³/mol. The van der Waals surface area contributed by atoms with Crippen molar-refractivity contribution < 1.29 is 0 Å². The summed E-state index contributed by atoms with van der Waals surface area (Å²) in [4.78, 5) is 4.44. The van der Waals surface area contributed by atoms with E-state index in [2.05, 4.69) is 62.8 Å². The number of hydrogen-bond donors (Lipinski definition) is 1. The molecule has 0 spiro atoms. The van der Waals surface area contributed by atoms with Crippen LogP contribution in [0.2, 0.25) is 0 Å². The second-order valence-electron chi connectivity index (χ2n) is 5.19. The maximum absolute atomic E-state index is 4.44. The Morgan fingerprint density at radius 2 is 2.20 bits per heavy atom. The third-order valence-corrected chi connectivity index (χ3v) is 4.17. The van der Waals surface area contributed by atoms with Gasteiger partial charge in [0, 0.05) is 36.4 Å². The molecule has 1 heterocycles. The highest BCUT2D eigenvalue weighted by molar-refractivity contribution is 9.10. The molecule has 1 aromatic carbocycles. The maximum atomic E-state index is 4.44. The first-order valence-corrected chi connectivity index (χ1v) is 7.86. The van der Waals surface area contributed by atoms with Crippen LogP contribution in [-0.2, 0) is 13.5 Å².